The standard InChI is InChI=1S/C16H8BrClO/c17-10-7-12-15-11-4-2-1-3-9(11)5-6-14(15)19-16(12)13(18)8-10/h1-8H. The summed E-state index contributed by atoms with van der Waals surface area (Å²) in [6.45, 7) is 0. The molecule has 1 aromatic heterocycles. The van der Waals surface area contributed by atoms with Crippen molar-refractivity contribution in [2.24, 2.45) is 0 Å². The lowest BCUT2D eigenvalue weighted by atomic mass is 10.0. The molecule has 0 fully saturated rings. The van der Waals surface area contributed by atoms with E-state index in [1.54, 1.807) is 0 Å². The minimum atomic E-state index is 0.629. The number of rotatable bonds is 0. The molecule has 0 aliphatic rings. The van der Waals surface area contributed by atoms with E-state index in [1.807, 2.05) is 24.3 Å². The van der Waals surface area contributed by atoms with E-state index in [4.69, 9.17) is 16.0 Å². The zero-order valence-corrected chi connectivity index (χ0v) is 12.1. The molecule has 0 amide bonds. The van der Waals surface area contributed by atoms with Gasteiger partial charge in [0.05, 0.1) is 5.02 Å². The van der Waals surface area contributed by atoms with Crippen molar-refractivity contribution in [3.63, 3.8) is 0 Å². The molecular weight excluding hydrogens is 324 g/mol. The van der Waals surface area contributed by atoms with Crippen LogP contribution in [-0.4, -0.2) is 0 Å². The summed E-state index contributed by atoms with van der Waals surface area (Å²) < 4.78 is 6.85. The van der Waals surface area contributed by atoms with Crippen LogP contribution >= 0.6 is 27.5 Å². The molecule has 4 aromatic rings. The van der Waals surface area contributed by atoms with Gasteiger partial charge >= 0.3 is 0 Å². The SMILES string of the molecule is Clc1cc(Br)cc2c1oc1ccc3ccccc3c12. The van der Waals surface area contributed by atoms with Crippen molar-refractivity contribution in [3.8, 4) is 0 Å². The molecular formula is C16H8BrClO. The van der Waals surface area contributed by atoms with E-state index >= 15 is 0 Å². The highest BCUT2D eigenvalue weighted by molar-refractivity contribution is 9.10. The molecule has 1 nitrogen and oxygen atoms in total. The molecule has 0 N–H and O–H groups in total. The summed E-state index contributed by atoms with van der Waals surface area (Å²) in [6, 6.07) is 16.3. The Morgan fingerprint density at radius 2 is 1.79 bits per heavy atom. The Bertz CT molecular complexity index is 940. The summed E-state index contributed by atoms with van der Waals surface area (Å²) in [6.07, 6.45) is 0. The third-order valence-electron chi connectivity index (χ3n) is 3.38. The molecule has 0 aliphatic carbocycles. The second-order valence-corrected chi connectivity index (χ2v) is 5.85. The first-order chi connectivity index (χ1) is 9.24. The number of benzene rings is 3. The van der Waals surface area contributed by atoms with E-state index < -0.39 is 0 Å². The highest BCUT2D eigenvalue weighted by atomic mass is 79.9. The highest BCUT2D eigenvalue weighted by Gasteiger charge is 2.13. The smallest absolute Gasteiger partial charge is 0.154 e. The van der Waals surface area contributed by atoms with E-state index in [-0.39, 0.29) is 0 Å². The average Bonchev–Trinajstić information content (AvgIpc) is 2.78. The lowest BCUT2D eigenvalue weighted by Gasteiger charge is -1.99. The Morgan fingerprint density at radius 3 is 2.68 bits per heavy atom. The van der Waals surface area contributed by atoms with Crippen molar-refractivity contribution >= 4 is 60.2 Å². The first kappa shape index (κ1) is 11.3. The summed E-state index contributed by atoms with van der Waals surface area (Å²) in [5.74, 6) is 0. The van der Waals surface area contributed by atoms with Crippen molar-refractivity contribution < 1.29 is 4.42 Å². The van der Waals surface area contributed by atoms with Crippen LogP contribution in [0.5, 0.6) is 0 Å². The third kappa shape index (κ3) is 1.60. The molecule has 0 spiro atoms. The molecule has 1 heterocycles. The Morgan fingerprint density at radius 1 is 0.947 bits per heavy atom. The maximum absolute atomic E-state index is 6.26. The van der Waals surface area contributed by atoms with Gasteiger partial charge in [-0.25, -0.2) is 0 Å². The zero-order chi connectivity index (χ0) is 13.0. The quantitative estimate of drug-likeness (QED) is 0.376. The van der Waals surface area contributed by atoms with Crippen LogP contribution in [0.4, 0.5) is 0 Å². The fourth-order valence-corrected chi connectivity index (χ4v) is 3.42. The Hall–Kier alpha value is -1.51. The average molecular weight is 332 g/mol. The van der Waals surface area contributed by atoms with Gasteiger partial charge in [-0.3, -0.25) is 0 Å². The van der Waals surface area contributed by atoms with Crippen LogP contribution < -0.4 is 0 Å². The highest BCUT2D eigenvalue weighted by Crippen LogP contribution is 2.39. The lowest BCUT2D eigenvalue weighted by Crippen LogP contribution is -1.74. The first-order valence-electron chi connectivity index (χ1n) is 5.93. The van der Waals surface area contributed by atoms with Crippen LogP contribution in [0.1, 0.15) is 0 Å². The second-order valence-electron chi connectivity index (χ2n) is 4.53. The fourth-order valence-electron chi connectivity index (χ4n) is 2.57. The van der Waals surface area contributed by atoms with Crippen LogP contribution in [0, 0.1) is 0 Å². The van der Waals surface area contributed by atoms with Crippen LogP contribution in [0.15, 0.2) is 57.4 Å². The topological polar surface area (TPSA) is 13.1 Å². The minimum absolute atomic E-state index is 0.629. The van der Waals surface area contributed by atoms with Gasteiger partial charge in [-0.15, -0.1) is 0 Å². The molecule has 4 rings (SSSR count). The molecule has 0 aliphatic heterocycles. The first-order valence-corrected chi connectivity index (χ1v) is 7.10. The molecule has 0 unspecified atom stereocenters. The largest absolute Gasteiger partial charge is 0.454 e. The fraction of sp³-hybridized carbons (Fsp3) is 0. The maximum Gasteiger partial charge on any atom is 0.154 e. The van der Waals surface area contributed by atoms with E-state index in [9.17, 15) is 0 Å². The predicted molar refractivity (Wildman–Crippen MR) is 83.9 cm³/mol. The number of halogens is 2. The second kappa shape index (κ2) is 3.99. The number of hydrogen-bond donors (Lipinski definition) is 0. The van der Waals surface area contributed by atoms with Gasteiger partial charge in [-0.2, -0.15) is 0 Å². The molecule has 3 aromatic carbocycles. The van der Waals surface area contributed by atoms with Crippen molar-refractivity contribution in [2.75, 3.05) is 0 Å². The van der Waals surface area contributed by atoms with E-state index in [0.717, 1.165) is 26.4 Å². The van der Waals surface area contributed by atoms with E-state index in [0.29, 0.717) is 5.02 Å². The zero-order valence-electron chi connectivity index (χ0n) is 9.78. The Labute approximate surface area is 122 Å². The molecule has 0 radical (unpaired) electrons. The van der Waals surface area contributed by atoms with Gasteiger partial charge in [-0.1, -0.05) is 57.9 Å². The summed E-state index contributed by atoms with van der Waals surface area (Å²) in [5, 5.41) is 5.19. The van der Waals surface area contributed by atoms with Crippen LogP contribution in [0.3, 0.4) is 0 Å². The van der Waals surface area contributed by atoms with Crippen molar-refractivity contribution in [1.82, 2.24) is 0 Å². The summed E-state index contributed by atoms with van der Waals surface area (Å²) in [7, 11) is 0. The molecule has 0 atom stereocenters. The maximum atomic E-state index is 6.26. The van der Waals surface area contributed by atoms with Gasteiger partial charge in [0.1, 0.15) is 5.58 Å². The lowest BCUT2D eigenvalue weighted by molar-refractivity contribution is 0.669. The Balaban J connectivity index is 2.35. The molecule has 92 valence electrons. The molecule has 0 saturated heterocycles. The Kier molecular flexibility index (Phi) is 2.38. The predicted octanol–water partition coefficient (Wildman–Crippen LogP) is 6.16. The number of furan rings is 1. The van der Waals surface area contributed by atoms with Gasteiger partial charge in [0, 0.05) is 15.2 Å². The van der Waals surface area contributed by atoms with E-state index in [2.05, 4.69) is 40.2 Å². The van der Waals surface area contributed by atoms with E-state index in [1.165, 1.54) is 10.8 Å². The van der Waals surface area contributed by atoms with Gasteiger partial charge in [-0.05, 0) is 29.0 Å². The minimum Gasteiger partial charge on any atom is -0.454 e. The van der Waals surface area contributed by atoms with Gasteiger partial charge < -0.3 is 4.42 Å². The van der Waals surface area contributed by atoms with Crippen LogP contribution in [0.25, 0.3) is 32.7 Å². The third-order valence-corrected chi connectivity index (χ3v) is 4.12. The van der Waals surface area contributed by atoms with Crippen LogP contribution in [0.2, 0.25) is 5.02 Å². The summed E-state index contributed by atoms with van der Waals surface area (Å²) >= 11 is 9.75. The number of fused-ring (bicyclic) bond motifs is 5. The monoisotopic (exact) mass is 330 g/mol. The van der Waals surface area contributed by atoms with Gasteiger partial charge in [0.25, 0.3) is 0 Å². The van der Waals surface area contributed by atoms with Crippen molar-refractivity contribution in [1.29, 1.82) is 0 Å². The number of hydrogen-bond acceptors (Lipinski definition) is 1. The molecule has 0 bridgehead atoms. The van der Waals surface area contributed by atoms with Crippen molar-refractivity contribution in [3.05, 3.63) is 58.0 Å². The van der Waals surface area contributed by atoms with Gasteiger partial charge in [0.15, 0.2) is 5.58 Å². The summed E-state index contributed by atoms with van der Waals surface area (Å²) in [4.78, 5) is 0. The van der Waals surface area contributed by atoms with Crippen LogP contribution in [-0.2, 0) is 0 Å². The molecule has 19 heavy (non-hydrogen) atoms. The normalized spacial score (nSPS) is 11.7. The van der Waals surface area contributed by atoms with Crippen molar-refractivity contribution in [2.45, 2.75) is 0 Å². The summed E-state index contributed by atoms with van der Waals surface area (Å²) in [5.41, 5.74) is 1.62. The van der Waals surface area contributed by atoms with Gasteiger partial charge in [0.2, 0.25) is 0 Å². The molecule has 0 saturated carbocycles. The molecule has 3 heteroatoms.